The van der Waals surface area contributed by atoms with E-state index in [1.807, 2.05) is 0 Å². The van der Waals surface area contributed by atoms with Gasteiger partial charge < -0.3 is 4.57 Å². The van der Waals surface area contributed by atoms with Gasteiger partial charge in [-0.05, 0) is 44.4 Å². The molecule has 2 atom stereocenters. The van der Waals surface area contributed by atoms with E-state index >= 15 is 0 Å². The van der Waals surface area contributed by atoms with E-state index in [0.717, 1.165) is 11.9 Å². The summed E-state index contributed by atoms with van der Waals surface area (Å²) in [5.41, 5.74) is 3.73. The molecule has 112 valence electrons. The molecule has 21 heavy (non-hydrogen) atoms. The minimum atomic E-state index is 0.581. The van der Waals surface area contributed by atoms with Crippen LogP contribution in [0.25, 0.3) is 11.0 Å². The highest BCUT2D eigenvalue weighted by Gasteiger charge is 2.39. The summed E-state index contributed by atoms with van der Waals surface area (Å²) in [5.74, 6) is 1.82. The summed E-state index contributed by atoms with van der Waals surface area (Å²) in [5, 5.41) is 0. The maximum atomic E-state index is 6.03. The molecule has 3 heterocycles. The van der Waals surface area contributed by atoms with Gasteiger partial charge in [-0.1, -0.05) is 12.1 Å². The molecule has 0 aliphatic carbocycles. The van der Waals surface area contributed by atoms with Crippen molar-refractivity contribution in [3.8, 4) is 0 Å². The number of hydrogen-bond donors (Lipinski definition) is 0. The van der Waals surface area contributed by atoms with Crippen molar-refractivity contribution in [2.45, 2.75) is 44.7 Å². The van der Waals surface area contributed by atoms with Gasteiger partial charge in [0.25, 0.3) is 0 Å². The average Bonchev–Trinajstić information content (AvgIpc) is 3.13. The van der Waals surface area contributed by atoms with Crippen molar-refractivity contribution in [1.29, 1.82) is 0 Å². The maximum Gasteiger partial charge on any atom is 0.111 e. The second kappa shape index (κ2) is 5.29. The Morgan fingerprint density at radius 2 is 2.14 bits per heavy atom. The third-order valence-corrected chi connectivity index (χ3v) is 5.40. The molecule has 1 aromatic carbocycles. The van der Waals surface area contributed by atoms with Crippen molar-refractivity contribution in [3.63, 3.8) is 0 Å². The Balaban J connectivity index is 1.86. The lowest BCUT2D eigenvalue weighted by Gasteiger charge is -2.24. The lowest BCUT2D eigenvalue weighted by atomic mass is 10.1. The topological polar surface area (TPSA) is 21.1 Å². The second-order valence-electron chi connectivity index (χ2n) is 6.38. The van der Waals surface area contributed by atoms with Gasteiger partial charge >= 0.3 is 0 Å². The van der Waals surface area contributed by atoms with Gasteiger partial charge in [0, 0.05) is 24.9 Å². The summed E-state index contributed by atoms with van der Waals surface area (Å²) in [6.45, 7) is 4.67. The summed E-state index contributed by atoms with van der Waals surface area (Å²) in [6.07, 6.45) is 4.78. The fraction of sp³-hybridized carbons (Fsp3) is 0.588. The highest BCUT2D eigenvalue weighted by molar-refractivity contribution is 6.17. The quantitative estimate of drug-likeness (QED) is 0.809. The number of rotatable bonds is 3. The molecule has 4 heteroatoms. The summed E-state index contributed by atoms with van der Waals surface area (Å²) in [6, 6.07) is 7.82. The smallest absolute Gasteiger partial charge is 0.111 e. The predicted octanol–water partition coefficient (Wildman–Crippen LogP) is 3.54. The largest absolute Gasteiger partial charge is 0.323 e. The van der Waals surface area contributed by atoms with E-state index in [0.29, 0.717) is 18.0 Å². The van der Waals surface area contributed by atoms with Gasteiger partial charge in [0.15, 0.2) is 0 Å². The van der Waals surface area contributed by atoms with Gasteiger partial charge in [-0.25, -0.2) is 4.98 Å². The molecule has 2 saturated heterocycles. The van der Waals surface area contributed by atoms with E-state index in [2.05, 4.69) is 34.6 Å². The van der Waals surface area contributed by atoms with Crippen LogP contribution in [0, 0.1) is 6.92 Å². The van der Waals surface area contributed by atoms with Crippen molar-refractivity contribution in [2.75, 3.05) is 19.0 Å². The van der Waals surface area contributed by atoms with Gasteiger partial charge in [-0.3, -0.25) is 4.90 Å². The Labute approximate surface area is 130 Å². The minimum Gasteiger partial charge on any atom is -0.323 e. The third-order valence-electron chi connectivity index (χ3n) is 5.22. The van der Waals surface area contributed by atoms with Crippen molar-refractivity contribution in [3.05, 3.63) is 29.6 Å². The first-order chi connectivity index (χ1) is 10.3. The molecule has 0 spiro atoms. The number of para-hydroxylation sites is 1. The molecule has 2 aliphatic heterocycles. The van der Waals surface area contributed by atoms with Crippen LogP contribution in [0.1, 0.15) is 36.7 Å². The molecule has 0 saturated carbocycles. The summed E-state index contributed by atoms with van der Waals surface area (Å²) < 4.78 is 2.51. The van der Waals surface area contributed by atoms with Crippen LogP contribution >= 0.6 is 11.6 Å². The Hall–Kier alpha value is -1.06. The van der Waals surface area contributed by atoms with E-state index in [4.69, 9.17) is 16.6 Å². The zero-order valence-electron chi connectivity index (χ0n) is 12.6. The molecule has 0 radical (unpaired) electrons. The highest BCUT2D eigenvalue weighted by Crippen LogP contribution is 2.39. The first kappa shape index (κ1) is 13.6. The number of alkyl halides is 1. The van der Waals surface area contributed by atoms with E-state index in [1.54, 1.807) is 0 Å². The van der Waals surface area contributed by atoms with Crippen LogP contribution in [-0.2, 0) is 6.42 Å². The van der Waals surface area contributed by atoms with E-state index < -0.39 is 0 Å². The molecule has 3 nitrogen and oxygen atoms in total. The van der Waals surface area contributed by atoms with Crippen LogP contribution in [-0.4, -0.2) is 39.5 Å². The van der Waals surface area contributed by atoms with Gasteiger partial charge in [-0.2, -0.15) is 0 Å². The van der Waals surface area contributed by atoms with E-state index in [-0.39, 0.29) is 0 Å². The average molecular weight is 304 g/mol. The Morgan fingerprint density at radius 3 is 3.00 bits per heavy atom. The zero-order valence-corrected chi connectivity index (χ0v) is 13.3. The lowest BCUT2D eigenvalue weighted by Crippen LogP contribution is -2.28. The third kappa shape index (κ3) is 2.09. The number of nitrogens with zero attached hydrogens (tertiary/aromatic N) is 3. The van der Waals surface area contributed by atoms with Crippen molar-refractivity contribution >= 4 is 22.6 Å². The van der Waals surface area contributed by atoms with E-state index in [9.17, 15) is 0 Å². The molecule has 2 aliphatic rings. The maximum absolute atomic E-state index is 6.03. The van der Waals surface area contributed by atoms with Crippen LogP contribution < -0.4 is 0 Å². The number of hydrogen-bond acceptors (Lipinski definition) is 2. The fourth-order valence-electron chi connectivity index (χ4n) is 4.29. The number of halogens is 1. The van der Waals surface area contributed by atoms with E-state index in [1.165, 1.54) is 49.3 Å². The summed E-state index contributed by atoms with van der Waals surface area (Å²) >= 11 is 6.03. The van der Waals surface area contributed by atoms with Gasteiger partial charge in [0.05, 0.1) is 17.1 Å². The minimum absolute atomic E-state index is 0.581. The Bertz CT molecular complexity index is 663. The molecule has 0 amide bonds. The molecule has 0 bridgehead atoms. The fourth-order valence-corrected chi connectivity index (χ4v) is 4.46. The van der Waals surface area contributed by atoms with Gasteiger partial charge in [0.1, 0.15) is 5.82 Å². The van der Waals surface area contributed by atoms with Crippen molar-refractivity contribution in [1.82, 2.24) is 14.5 Å². The highest BCUT2D eigenvalue weighted by atomic mass is 35.5. The predicted molar refractivity (Wildman–Crippen MR) is 87.1 cm³/mol. The Morgan fingerprint density at radius 1 is 1.24 bits per heavy atom. The number of fused-ring (bicyclic) bond motifs is 2. The number of aryl methyl sites for hydroxylation is 2. The normalized spacial score (nSPS) is 25.8. The van der Waals surface area contributed by atoms with Crippen molar-refractivity contribution in [2.24, 2.45) is 0 Å². The molecule has 1 aromatic heterocycles. The zero-order chi connectivity index (χ0) is 14.4. The van der Waals surface area contributed by atoms with Crippen LogP contribution in [0.15, 0.2) is 18.2 Å². The monoisotopic (exact) mass is 303 g/mol. The lowest BCUT2D eigenvalue weighted by molar-refractivity contribution is 0.290. The van der Waals surface area contributed by atoms with Crippen LogP contribution in [0.4, 0.5) is 0 Å². The standard InChI is InChI=1S/C17H22ClN3/c1-12-4-2-5-15-17(12)19-16(7-9-18)21(15)14-8-11-20-10-3-6-13(14)20/h2,4-5,13-14H,3,6-11H2,1H3. The number of benzene rings is 1. The molecular formula is C17H22ClN3. The molecule has 0 N–H and O–H groups in total. The first-order valence-electron chi connectivity index (χ1n) is 8.06. The molecule has 2 aromatic rings. The molecular weight excluding hydrogens is 282 g/mol. The summed E-state index contributed by atoms with van der Waals surface area (Å²) in [7, 11) is 0. The van der Waals surface area contributed by atoms with Gasteiger partial charge in [-0.15, -0.1) is 11.6 Å². The number of aromatic nitrogens is 2. The molecule has 2 fully saturated rings. The van der Waals surface area contributed by atoms with Crippen LogP contribution in [0.2, 0.25) is 0 Å². The number of imidazole rings is 1. The van der Waals surface area contributed by atoms with Crippen LogP contribution in [0.5, 0.6) is 0 Å². The summed E-state index contributed by atoms with van der Waals surface area (Å²) in [4.78, 5) is 7.58. The van der Waals surface area contributed by atoms with Crippen molar-refractivity contribution < 1.29 is 0 Å². The second-order valence-corrected chi connectivity index (χ2v) is 6.76. The van der Waals surface area contributed by atoms with Gasteiger partial charge in [0.2, 0.25) is 0 Å². The van der Waals surface area contributed by atoms with Crippen LogP contribution in [0.3, 0.4) is 0 Å². The SMILES string of the molecule is Cc1cccc2c1nc(CCCl)n2C1CCN2CCCC12. The first-order valence-corrected chi connectivity index (χ1v) is 8.59. The molecule has 4 rings (SSSR count). The molecule has 2 unspecified atom stereocenters. The Kier molecular flexibility index (Phi) is 3.43.